The maximum absolute atomic E-state index is 10.3. The third-order valence-electron chi connectivity index (χ3n) is 2.53. The van der Waals surface area contributed by atoms with E-state index in [1.165, 1.54) is 6.08 Å². The summed E-state index contributed by atoms with van der Waals surface area (Å²) in [4.78, 5) is 10.3. The van der Waals surface area contributed by atoms with E-state index in [0.717, 1.165) is 24.3 Å². The van der Waals surface area contributed by atoms with Gasteiger partial charge in [-0.25, -0.2) is 4.79 Å². The van der Waals surface area contributed by atoms with Gasteiger partial charge in [-0.15, -0.1) is 0 Å². The van der Waals surface area contributed by atoms with Gasteiger partial charge in [-0.3, -0.25) is 0 Å². The highest BCUT2D eigenvalue weighted by Gasteiger charge is 2.36. The van der Waals surface area contributed by atoms with E-state index in [2.05, 4.69) is 12.2 Å². The van der Waals surface area contributed by atoms with Crippen LogP contribution < -0.4 is 0 Å². The van der Waals surface area contributed by atoms with Gasteiger partial charge in [0.1, 0.15) is 0 Å². The minimum atomic E-state index is -0.807. The van der Waals surface area contributed by atoms with Crippen molar-refractivity contribution in [1.29, 1.82) is 0 Å². The Morgan fingerprint density at radius 2 is 2.55 bits per heavy atom. The van der Waals surface area contributed by atoms with Crippen molar-refractivity contribution in [1.82, 2.24) is 0 Å². The van der Waals surface area contributed by atoms with Crippen molar-refractivity contribution < 1.29 is 9.90 Å². The molecule has 2 nitrogen and oxygen atoms in total. The van der Waals surface area contributed by atoms with Gasteiger partial charge in [-0.2, -0.15) is 0 Å². The summed E-state index contributed by atoms with van der Waals surface area (Å²) in [7, 11) is 0. The Kier molecular flexibility index (Phi) is 1.34. The Labute approximate surface area is 65.2 Å². The summed E-state index contributed by atoms with van der Waals surface area (Å²) in [6.07, 6.45) is 7.77. The minimum Gasteiger partial charge on any atom is -0.478 e. The van der Waals surface area contributed by atoms with Crippen molar-refractivity contribution >= 4 is 5.97 Å². The molecule has 0 aromatic carbocycles. The summed E-state index contributed by atoms with van der Waals surface area (Å²) < 4.78 is 0. The molecular weight excluding hydrogens is 140 g/mol. The lowest BCUT2D eigenvalue weighted by Gasteiger charge is -2.33. The Morgan fingerprint density at radius 3 is 3.18 bits per heavy atom. The van der Waals surface area contributed by atoms with Gasteiger partial charge in [0.25, 0.3) is 0 Å². The molecule has 2 aliphatic carbocycles. The van der Waals surface area contributed by atoms with E-state index in [1.54, 1.807) is 0 Å². The fourth-order valence-electron chi connectivity index (χ4n) is 1.93. The van der Waals surface area contributed by atoms with E-state index in [9.17, 15) is 4.79 Å². The average Bonchev–Trinajstić information content (AvgIpc) is 2.26. The molecule has 2 rings (SSSR count). The summed E-state index contributed by atoms with van der Waals surface area (Å²) >= 11 is 0. The largest absolute Gasteiger partial charge is 0.478 e. The SMILES string of the molecule is O=C(O)C=C1CC2CC=CC12. The van der Waals surface area contributed by atoms with Crippen molar-refractivity contribution in [3.8, 4) is 0 Å². The van der Waals surface area contributed by atoms with E-state index >= 15 is 0 Å². The van der Waals surface area contributed by atoms with Gasteiger partial charge in [0, 0.05) is 12.0 Å². The molecule has 1 N–H and O–H groups in total. The van der Waals surface area contributed by atoms with Gasteiger partial charge >= 0.3 is 5.97 Å². The molecule has 0 heterocycles. The van der Waals surface area contributed by atoms with E-state index in [-0.39, 0.29) is 0 Å². The van der Waals surface area contributed by atoms with Crippen LogP contribution >= 0.6 is 0 Å². The molecule has 1 saturated carbocycles. The molecule has 58 valence electrons. The summed E-state index contributed by atoms with van der Waals surface area (Å²) in [5, 5.41) is 8.47. The lowest BCUT2D eigenvalue weighted by Crippen LogP contribution is -2.24. The Bertz CT molecular complexity index is 250. The molecule has 2 heteroatoms. The highest BCUT2D eigenvalue weighted by atomic mass is 16.4. The molecule has 0 radical (unpaired) electrons. The Balaban J connectivity index is 2.10. The molecule has 0 aromatic rings. The molecular formula is C9H10O2. The third-order valence-corrected chi connectivity index (χ3v) is 2.53. The Hall–Kier alpha value is -1.05. The maximum Gasteiger partial charge on any atom is 0.328 e. The smallest absolute Gasteiger partial charge is 0.328 e. The second-order valence-electron chi connectivity index (χ2n) is 3.21. The maximum atomic E-state index is 10.3. The minimum absolute atomic E-state index is 0.464. The number of allylic oxidation sites excluding steroid dienone is 3. The van der Waals surface area contributed by atoms with Crippen LogP contribution in [0, 0.1) is 11.8 Å². The highest BCUT2D eigenvalue weighted by molar-refractivity contribution is 5.81. The summed E-state index contributed by atoms with van der Waals surface area (Å²) in [6.45, 7) is 0. The first-order chi connectivity index (χ1) is 5.27. The van der Waals surface area contributed by atoms with Gasteiger partial charge in [-0.1, -0.05) is 17.7 Å². The molecule has 11 heavy (non-hydrogen) atoms. The van der Waals surface area contributed by atoms with Gasteiger partial charge < -0.3 is 5.11 Å². The lowest BCUT2D eigenvalue weighted by atomic mass is 9.71. The zero-order chi connectivity index (χ0) is 7.84. The molecule has 2 atom stereocenters. The molecule has 0 spiro atoms. The first-order valence-corrected chi connectivity index (χ1v) is 3.87. The van der Waals surface area contributed by atoms with Crippen LogP contribution in [0.2, 0.25) is 0 Å². The molecule has 1 fully saturated rings. The fourth-order valence-corrected chi connectivity index (χ4v) is 1.93. The quantitative estimate of drug-likeness (QED) is 0.455. The van der Waals surface area contributed by atoms with Crippen LogP contribution in [-0.2, 0) is 4.79 Å². The van der Waals surface area contributed by atoms with E-state index < -0.39 is 5.97 Å². The number of hydrogen-bond donors (Lipinski definition) is 1. The van der Waals surface area contributed by atoms with Crippen molar-refractivity contribution in [2.75, 3.05) is 0 Å². The summed E-state index contributed by atoms with van der Waals surface area (Å²) in [5.41, 5.74) is 1.09. The van der Waals surface area contributed by atoms with Crippen LogP contribution in [0.25, 0.3) is 0 Å². The van der Waals surface area contributed by atoms with Gasteiger partial charge in [0.2, 0.25) is 0 Å². The molecule has 2 aliphatic rings. The molecule has 0 aromatic heterocycles. The van der Waals surface area contributed by atoms with E-state index in [0.29, 0.717) is 5.92 Å². The molecule has 0 amide bonds. The van der Waals surface area contributed by atoms with Gasteiger partial charge in [0.15, 0.2) is 0 Å². The number of hydrogen-bond acceptors (Lipinski definition) is 1. The number of carbonyl (C=O) groups is 1. The van der Waals surface area contributed by atoms with Crippen molar-refractivity contribution in [3.63, 3.8) is 0 Å². The molecule has 0 saturated heterocycles. The van der Waals surface area contributed by atoms with E-state index in [1.807, 2.05) is 0 Å². The highest BCUT2D eigenvalue weighted by Crippen LogP contribution is 2.46. The standard InChI is InChI=1S/C9H10O2/c10-9(11)5-7-4-6-2-1-3-8(6)7/h1,3,5-6,8H,2,4H2,(H,10,11). The van der Waals surface area contributed by atoms with Crippen molar-refractivity contribution in [2.45, 2.75) is 12.8 Å². The van der Waals surface area contributed by atoms with E-state index in [4.69, 9.17) is 5.11 Å². The Morgan fingerprint density at radius 1 is 1.73 bits per heavy atom. The summed E-state index contributed by atoms with van der Waals surface area (Å²) in [6, 6.07) is 0. The number of carboxylic acids is 1. The van der Waals surface area contributed by atoms with Crippen LogP contribution in [0.3, 0.4) is 0 Å². The number of aliphatic carboxylic acids is 1. The van der Waals surface area contributed by atoms with Crippen LogP contribution in [0.15, 0.2) is 23.8 Å². The lowest BCUT2D eigenvalue weighted by molar-refractivity contribution is -0.131. The van der Waals surface area contributed by atoms with Crippen LogP contribution in [0.1, 0.15) is 12.8 Å². The summed E-state index contributed by atoms with van der Waals surface area (Å²) in [5.74, 6) is 0.380. The van der Waals surface area contributed by atoms with Crippen molar-refractivity contribution in [3.05, 3.63) is 23.8 Å². The zero-order valence-electron chi connectivity index (χ0n) is 6.16. The van der Waals surface area contributed by atoms with Gasteiger partial charge in [-0.05, 0) is 18.8 Å². The second kappa shape index (κ2) is 2.22. The van der Waals surface area contributed by atoms with Crippen LogP contribution in [0.4, 0.5) is 0 Å². The predicted octanol–water partition coefficient (Wildman–Crippen LogP) is 1.59. The normalized spacial score (nSPS) is 36.9. The topological polar surface area (TPSA) is 37.3 Å². The van der Waals surface area contributed by atoms with Crippen molar-refractivity contribution in [2.24, 2.45) is 11.8 Å². The van der Waals surface area contributed by atoms with Crippen LogP contribution in [0.5, 0.6) is 0 Å². The molecule has 0 bridgehead atoms. The van der Waals surface area contributed by atoms with Crippen LogP contribution in [-0.4, -0.2) is 11.1 Å². The number of carboxylic acid groups (broad SMARTS) is 1. The third kappa shape index (κ3) is 0.985. The second-order valence-corrected chi connectivity index (χ2v) is 3.21. The number of rotatable bonds is 1. The predicted molar refractivity (Wildman–Crippen MR) is 41.1 cm³/mol. The molecule has 0 aliphatic heterocycles. The monoisotopic (exact) mass is 150 g/mol. The average molecular weight is 150 g/mol. The first kappa shape index (κ1) is 6.65. The van der Waals surface area contributed by atoms with Gasteiger partial charge in [0.05, 0.1) is 0 Å². The number of fused-ring (bicyclic) bond motifs is 1. The zero-order valence-corrected chi connectivity index (χ0v) is 6.16. The fraction of sp³-hybridized carbons (Fsp3) is 0.444. The first-order valence-electron chi connectivity index (χ1n) is 3.87. The molecule has 2 unspecified atom stereocenters.